The van der Waals surface area contributed by atoms with E-state index in [0.717, 1.165) is 16.7 Å². The molecule has 0 aliphatic heterocycles. The molecule has 0 aliphatic rings. The van der Waals surface area contributed by atoms with Crippen LogP contribution in [-0.2, 0) is 23.2 Å². The zero-order valence-electron chi connectivity index (χ0n) is 14.4. The van der Waals surface area contributed by atoms with Crippen molar-refractivity contribution in [2.45, 2.75) is 25.3 Å². The lowest BCUT2D eigenvalue weighted by molar-refractivity contribution is -0.126. The second-order valence-corrected chi connectivity index (χ2v) is 6.40. The average Bonchev–Trinajstić information content (AvgIpc) is 2.68. The number of aromatic nitrogens is 1. The number of rotatable bonds is 6. The molecular weight excluding hydrogens is 308 g/mol. The summed E-state index contributed by atoms with van der Waals surface area (Å²) in [4.78, 5) is 17.1. The van der Waals surface area contributed by atoms with E-state index in [1.165, 1.54) is 0 Å². The quantitative estimate of drug-likeness (QED) is 0.745. The third-order valence-corrected chi connectivity index (χ3v) is 4.52. The number of pyridine rings is 1. The summed E-state index contributed by atoms with van der Waals surface area (Å²) in [5, 5.41) is 3.09. The highest BCUT2D eigenvalue weighted by atomic mass is 16.2. The molecule has 0 saturated carbocycles. The van der Waals surface area contributed by atoms with Crippen molar-refractivity contribution in [3.05, 3.63) is 102 Å². The number of hydrogen-bond acceptors (Lipinski definition) is 2. The van der Waals surface area contributed by atoms with E-state index >= 15 is 0 Å². The number of nitrogens with one attached hydrogen (secondary N) is 1. The Morgan fingerprint density at radius 3 is 2.12 bits per heavy atom. The van der Waals surface area contributed by atoms with E-state index in [2.05, 4.69) is 22.4 Å². The first-order chi connectivity index (χ1) is 12.2. The molecule has 3 aromatic rings. The second-order valence-electron chi connectivity index (χ2n) is 6.40. The van der Waals surface area contributed by atoms with Gasteiger partial charge in [-0.05, 0) is 42.2 Å². The molecule has 1 atom stereocenters. The van der Waals surface area contributed by atoms with Crippen molar-refractivity contribution in [2.24, 2.45) is 0 Å². The summed E-state index contributed by atoms with van der Waals surface area (Å²) in [6.07, 6.45) is 4.13. The lowest BCUT2D eigenvalue weighted by Gasteiger charge is -2.29. The molecule has 0 bridgehead atoms. The number of hydrogen-bond donors (Lipinski definition) is 1. The standard InChI is InChI=1S/C22H22N2O/c1-22(20-10-6-3-7-11-20,16-18-8-4-2-5-9-18)21(25)24-17-19-12-14-23-15-13-19/h2-15H,16-17H2,1H3,(H,24,25). The molecule has 25 heavy (non-hydrogen) atoms. The van der Waals surface area contributed by atoms with Gasteiger partial charge in [0.1, 0.15) is 0 Å². The van der Waals surface area contributed by atoms with E-state index in [1.54, 1.807) is 12.4 Å². The van der Waals surface area contributed by atoms with Crippen molar-refractivity contribution in [3.8, 4) is 0 Å². The van der Waals surface area contributed by atoms with Crippen LogP contribution in [-0.4, -0.2) is 10.9 Å². The van der Waals surface area contributed by atoms with Crippen LogP contribution in [0, 0.1) is 0 Å². The van der Waals surface area contributed by atoms with Crippen LogP contribution >= 0.6 is 0 Å². The summed E-state index contributed by atoms with van der Waals surface area (Å²) in [6, 6.07) is 24.0. The first-order valence-electron chi connectivity index (χ1n) is 8.45. The maximum Gasteiger partial charge on any atom is 0.230 e. The van der Waals surface area contributed by atoms with Gasteiger partial charge >= 0.3 is 0 Å². The highest BCUT2D eigenvalue weighted by molar-refractivity contribution is 5.88. The molecule has 0 radical (unpaired) electrons. The third-order valence-electron chi connectivity index (χ3n) is 4.52. The van der Waals surface area contributed by atoms with Gasteiger partial charge in [0, 0.05) is 18.9 Å². The second kappa shape index (κ2) is 7.75. The van der Waals surface area contributed by atoms with Crippen molar-refractivity contribution in [1.29, 1.82) is 0 Å². The summed E-state index contributed by atoms with van der Waals surface area (Å²) in [5.74, 6) is 0.0272. The molecule has 3 heteroatoms. The number of carbonyl (C=O) groups is 1. The van der Waals surface area contributed by atoms with Crippen molar-refractivity contribution in [2.75, 3.05) is 0 Å². The molecule has 0 aliphatic carbocycles. The van der Waals surface area contributed by atoms with Crippen LogP contribution in [0.15, 0.2) is 85.2 Å². The molecule has 1 heterocycles. The number of carbonyl (C=O) groups excluding carboxylic acids is 1. The topological polar surface area (TPSA) is 42.0 Å². The monoisotopic (exact) mass is 330 g/mol. The van der Waals surface area contributed by atoms with Gasteiger partial charge in [0.25, 0.3) is 0 Å². The van der Waals surface area contributed by atoms with Gasteiger partial charge in [-0.1, -0.05) is 60.7 Å². The Morgan fingerprint density at radius 1 is 0.880 bits per heavy atom. The Kier molecular flexibility index (Phi) is 5.24. The molecular formula is C22H22N2O. The summed E-state index contributed by atoms with van der Waals surface area (Å²) >= 11 is 0. The van der Waals surface area contributed by atoms with Gasteiger partial charge in [0.05, 0.1) is 5.41 Å². The molecule has 0 saturated heterocycles. The molecule has 126 valence electrons. The first-order valence-corrected chi connectivity index (χ1v) is 8.45. The molecule has 3 nitrogen and oxygen atoms in total. The largest absolute Gasteiger partial charge is 0.351 e. The Morgan fingerprint density at radius 2 is 1.48 bits per heavy atom. The van der Waals surface area contributed by atoms with E-state index in [9.17, 15) is 4.79 Å². The van der Waals surface area contributed by atoms with E-state index in [1.807, 2.05) is 67.6 Å². The molecule has 0 spiro atoms. The normalized spacial score (nSPS) is 13.0. The summed E-state index contributed by atoms with van der Waals surface area (Å²) < 4.78 is 0. The SMILES string of the molecule is CC(Cc1ccccc1)(C(=O)NCc1ccncc1)c1ccccc1. The number of benzene rings is 2. The Bertz CT molecular complexity index is 803. The van der Waals surface area contributed by atoms with E-state index in [-0.39, 0.29) is 5.91 Å². The van der Waals surface area contributed by atoms with Gasteiger partial charge in [-0.2, -0.15) is 0 Å². The van der Waals surface area contributed by atoms with Crippen LogP contribution in [0.2, 0.25) is 0 Å². The summed E-state index contributed by atoms with van der Waals surface area (Å²) in [7, 11) is 0. The zero-order chi connectivity index (χ0) is 17.5. The highest BCUT2D eigenvalue weighted by Gasteiger charge is 2.35. The maximum atomic E-state index is 13.1. The molecule has 1 unspecified atom stereocenters. The highest BCUT2D eigenvalue weighted by Crippen LogP contribution is 2.28. The molecule has 1 amide bonds. The van der Waals surface area contributed by atoms with Crippen molar-refractivity contribution >= 4 is 5.91 Å². The van der Waals surface area contributed by atoms with Crippen LogP contribution in [0.5, 0.6) is 0 Å². The van der Waals surface area contributed by atoms with Gasteiger partial charge in [0.15, 0.2) is 0 Å². The van der Waals surface area contributed by atoms with E-state index < -0.39 is 5.41 Å². The third kappa shape index (κ3) is 4.13. The van der Waals surface area contributed by atoms with Gasteiger partial charge in [-0.25, -0.2) is 0 Å². The van der Waals surface area contributed by atoms with Gasteiger partial charge in [-0.3, -0.25) is 9.78 Å². The predicted octanol–water partition coefficient (Wildman–Crippen LogP) is 3.90. The lowest BCUT2D eigenvalue weighted by atomic mass is 9.76. The molecule has 1 N–H and O–H groups in total. The van der Waals surface area contributed by atoms with Crippen LogP contribution in [0.25, 0.3) is 0 Å². The minimum atomic E-state index is -0.629. The molecule has 2 aromatic carbocycles. The van der Waals surface area contributed by atoms with Crippen molar-refractivity contribution in [3.63, 3.8) is 0 Å². The fourth-order valence-corrected chi connectivity index (χ4v) is 3.00. The fourth-order valence-electron chi connectivity index (χ4n) is 3.00. The minimum Gasteiger partial charge on any atom is -0.351 e. The van der Waals surface area contributed by atoms with Gasteiger partial charge in [-0.15, -0.1) is 0 Å². The summed E-state index contributed by atoms with van der Waals surface area (Å²) in [5.41, 5.74) is 2.58. The lowest BCUT2D eigenvalue weighted by Crippen LogP contribution is -2.43. The van der Waals surface area contributed by atoms with Crippen LogP contribution in [0.1, 0.15) is 23.6 Å². The number of amides is 1. The van der Waals surface area contributed by atoms with E-state index in [0.29, 0.717) is 13.0 Å². The average molecular weight is 330 g/mol. The smallest absolute Gasteiger partial charge is 0.230 e. The molecule has 3 rings (SSSR count). The Hall–Kier alpha value is -2.94. The van der Waals surface area contributed by atoms with Crippen molar-refractivity contribution < 1.29 is 4.79 Å². The zero-order valence-corrected chi connectivity index (χ0v) is 14.4. The Labute approximate surface area is 148 Å². The van der Waals surface area contributed by atoms with Crippen molar-refractivity contribution in [1.82, 2.24) is 10.3 Å². The predicted molar refractivity (Wildman–Crippen MR) is 100 cm³/mol. The fraction of sp³-hybridized carbons (Fsp3) is 0.182. The van der Waals surface area contributed by atoms with E-state index in [4.69, 9.17) is 0 Å². The minimum absolute atomic E-state index is 0.0272. The number of nitrogens with zero attached hydrogens (tertiary/aromatic N) is 1. The van der Waals surface area contributed by atoms with Crippen LogP contribution in [0.3, 0.4) is 0 Å². The Balaban J connectivity index is 1.84. The first kappa shape index (κ1) is 16.9. The van der Waals surface area contributed by atoms with Crippen LogP contribution in [0.4, 0.5) is 0 Å². The maximum absolute atomic E-state index is 13.1. The summed E-state index contributed by atoms with van der Waals surface area (Å²) in [6.45, 7) is 2.51. The molecule has 1 aromatic heterocycles. The van der Waals surface area contributed by atoms with Gasteiger partial charge < -0.3 is 5.32 Å². The molecule has 0 fully saturated rings. The van der Waals surface area contributed by atoms with Gasteiger partial charge in [0.2, 0.25) is 5.91 Å². The van der Waals surface area contributed by atoms with Crippen LogP contribution < -0.4 is 5.32 Å².